The second-order valence-electron chi connectivity index (χ2n) is 5.90. The third-order valence-corrected chi connectivity index (χ3v) is 4.70. The smallest absolute Gasteiger partial charge is 0.0812 e. The lowest BCUT2D eigenvalue weighted by Gasteiger charge is -2.26. The summed E-state index contributed by atoms with van der Waals surface area (Å²) >= 11 is 0. The fourth-order valence-electron chi connectivity index (χ4n) is 3.92. The molecule has 0 N–H and O–H groups in total. The van der Waals surface area contributed by atoms with Gasteiger partial charge in [-0.15, -0.1) is 0 Å². The van der Waals surface area contributed by atoms with Crippen LogP contribution in [0.2, 0.25) is 0 Å². The van der Waals surface area contributed by atoms with Gasteiger partial charge in [-0.2, -0.15) is 10.2 Å². The summed E-state index contributed by atoms with van der Waals surface area (Å²) in [5.74, 6) is 1.62. The van der Waals surface area contributed by atoms with Crippen LogP contribution in [0, 0.1) is 17.3 Å². The minimum absolute atomic E-state index is 0.333. The molecule has 0 radical (unpaired) electrons. The first-order valence-corrected chi connectivity index (χ1v) is 6.26. The van der Waals surface area contributed by atoms with Gasteiger partial charge in [-0.3, -0.25) is 0 Å². The van der Waals surface area contributed by atoms with E-state index < -0.39 is 0 Å². The largest absolute Gasteiger partial charge is 0.190 e. The summed E-state index contributed by atoms with van der Waals surface area (Å²) < 4.78 is 0. The second-order valence-corrected chi connectivity index (χ2v) is 5.90. The molecule has 82 valence electrons. The van der Waals surface area contributed by atoms with Crippen LogP contribution in [0.15, 0.2) is 22.4 Å². The molecule has 0 aromatic rings. The highest BCUT2D eigenvalue weighted by molar-refractivity contribution is 5.13. The van der Waals surface area contributed by atoms with Gasteiger partial charge in [0, 0.05) is 5.41 Å². The monoisotopic (exact) mass is 204 g/mol. The Morgan fingerprint density at radius 2 is 1.40 bits per heavy atom. The third kappa shape index (κ3) is 1.23. The summed E-state index contributed by atoms with van der Waals surface area (Å²) in [5.41, 5.74) is 0.333. The van der Waals surface area contributed by atoms with Gasteiger partial charge in [-0.1, -0.05) is 26.0 Å². The number of nitrogens with zero attached hydrogens (tertiary/aromatic N) is 2. The van der Waals surface area contributed by atoms with Crippen LogP contribution in [0.1, 0.15) is 39.5 Å². The number of allylic oxidation sites excluding steroid dienone is 2. The first kappa shape index (κ1) is 9.56. The van der Waals surface area contributed by atoms with Crippen LogP contribution < -0.4 is 0 Å². The van der Waals surface area contributed by atoms with E-state index in [2.05, 4.69) is 36.2 Å². The molecule has 1 fully saturated rings. The predicted octanol–water partition coefficient (Wildman–Crippen LogP) is 3.59. The first-order valence-electron chi connectivity index (χ1n) is 6.26. The van der Waals surface area contributed by atoms with Crippen molar-refractivity contribution in [1.82, 2.24) is 0 Å². The Labute approximate surface area is 91.9 Å². The van der Waals surface area contributed by atoms with E-state index in [0.29, 0.717) is 17.5 Å². The summed E-state index contributed by atoms with van der Waals surface area (Å²) in [6.45, 7) is 4.72. The molecular weight excluding hydrogens is 184 g/mol. The lowest BCUT2D eigenvalue weighted by molar-refractivity contribution is 0.275. The first-order chi connectivity index (χ1) is 7.21. The SMILES string of the molecule is CC1(C)[C@@H]2N=N[C@H]1[C@H]1CC/C=C\CC[C@H]12. The highest BCUT2D eigenvalue weighted by atomic mass is 15.2. The van der Waals surface area contributed by atoms with E-state index >= 15 is 0 Å². The minimum Gasteiger partial charge on any atom is -0.190 e. The molecule has 3 rings (SSSR count). The quantitative estimate of drug-likeness (QED) is 0.539. The minimum atomic E-state index is 0.333. The van der Waals surface area contributed by atoms with Crippen LogP contribution in [0.25, 0.3) is 0 Å². The molecule has 15 heavy (non-hydrogen) atoms. The lowest BCUT2D eigenvalue weighted by Crippen LogP contribution is -2.27. The van der Waals surface area contributed by atoms with Gasteiger partial charge >= 0.3 is 0 Å². The van der Waals surface area contributed by atoms with E-state index in [9.17, 15) is 0 Å². The molecule has 1 saturated carbocycles. The van der Waals surface area contributed by atoms with Crippen LogP contribution in [0.3, 0.4) is 0 Å². The normalized spacial score (nSPS) is 48.4. The van der Waals surface area contributed by atoms with Crippen molar-refractivity contribution in [2.45, 2.75) is 51.6 Å². The van der Waals surface area contributed by atoms with E-state index in [0.717, 1.165) is 11.8 Å². The Morgan fingerprint density at radius 1 is 0.933 bits per heavy atom. The second kappa shape index (κ2) is 3.16. The van der Waals surface area contributed by atoms with Crippen LogP contribution in [0.4, 0.5) is 0 Å². The molecule has 0 aromatic heterocycles. The molecule has 2 heteroatoms. The van der Waals surface area contributed by atoms with Crippen molar-refractivity contribution in [2.75, 3.05) is 0 Å². The zero-order valence-corrected chi connectivity index (χ0v) is 9.69. The van der Waals surface area contributed by atoms with Crippen LogP contribution >= 0.6 is 0 Å². The number of hydrogen-bond donors (Lipinski definition) is 0. The van der Waals surface area contributed by atoms with Gasteiger partial charge in [0.2, 0.25) is 0 Å². The Hall–Kier alpha value is -0.660. The van der Waals surface area contributed by atoms with Crippen molar-refractivity contribution in [2.24, 2.45) is 27.5 Å². The van der Waals surface area contributed by atoms with Crippen LogP contribution in [-0.4, -0.2) is 12.1 Å². The Kier molecular flexibility index (Phi) is 2.02. The van der Waals surface area contributed by atoms with E-state index in [-0.39, 0.29) is 0 Å². The van der Waals surface area contributed by atoms with Crippen molar-refractivity contribution in [3.05, 3.63) is 12.2 Å². The van der Waals surface area contributed by atoms with E-state index in [4.69, 9.17) is 0 Å². The molecule has 0 unspecified atom stereocenters. The average molecular weight is 204 g/mol. The van der Waals surface area contributed by atoms with E-state index in [1.165, 1.54) is 25.7 Å². The van der Waals surface area contributed by atoms with E-state index in [1.807, 2.05) is 0 Å². The molecule has 1 aliphatic heterocycles. The molecule has 0 spiro atoms. The Morgan fingerprint density at radius 3 is 1.87 bits per heavy atom. The topological polar surface area (TPSA) is 24.7 Å². The zero-order chi connectivity index (χ0) is 10.5. The highest BCUT2D eigenvalue weighted by Crippen LogP contribution is 2.56. The van der Waals surface area contributed by atoms with Crippen LogP contribution in [-0.2, 0) is 0 Å². The van der Waals surface area contributed by atoms with Gasteiger partial charge < -0.3 is 0 Å². The summed E-state index contributed by atoms with van der Waals surface area (Å²) in [6, 6.07) is 1.03. The van der Waals surface area contributed by atoms with Crippen molar-refractivity contribution >= 4 is 0 Å². The molecule has 0 saturated heterocycles. The summed E-state index contributed by atoms with van der Waals surface area (Å²) in [5, 5.41) is 9.03. The molecule has 4 atom stereocenters. The maximum absolute atomic E-state index is 4.51. The van der Waals surface area contributed by atoms with Gasteiger partial charge in [-0.05, 0) is 37.5 Å². The predicted molar refractivity (Wildman–Crippen MR) is 60.8 cm³/mol. The van der Waals surface area contributed by atoms with Crippen molar-refractivity contribution in [3.8, 4) is 0 Å². The van der Waals surface area contributed by atoms with Crippen molar-refractivity contribution in [1.29, 1.82) is 0 Å². The molecule has 2 aliphatic carbocycles. The van der Waals surface area contributed by atoms with Gasteiger partial charge in [0.25, 0.3) is 0 Å². The van der Waals surface area contributed by atoms with Crippen molar-refractivity contribution in [3.63, 3.8) is 0 Å². The molecular formula is C13H20N2. The number of hydrogen-bond acceptors (Lipinski definition) is 2. The third-order valence-electron chi connectivity index (χ3n) is 4.70. The lowest BCUT2D eigenvalue weighted by atomic mass is 9.83. The van der Waals surface area contributed by atoms with Gasteiger partial charge in [0.15, 0.2) is 0 Å². The van der Waals surface area contributed by atoms with E-state index in [1.54, 1.807) is 0 Å². The molecule has 1 heterocycles. The molecule has 0 aromatic carbocycles. The maximum atomic E-state index is 4.51. The average Bonchev–Trinajstić information content (AvgIpc) is 2.52. The standard InChI is InChI=1S/C13H20N2/c1-13(2)11-9-7-5-3-4-6-8-10(9)12(13)15-14-11/h3-4,9-12H,5-8H2,1-2H3/b4-3-/t9-,10+,11-,12+. The maximum Gasteiger partial charge on any atom is 0.0812 e. The van der Waals surface area contributed by atoms with Crippen LogP contribution in [0.5, 0.6) is 0 Å². The Balaban J connectivity index is 1.91. The zero-order valence-electron chi connectivity index (χ0n) is 9.69. The summed E-state index contributed by atoms with van der Waals surface area (Å²) in [6.07, 6.45) is 9.85. The Bertz CT molecular complexity index is 288. The number of fused-ring (bicyclic) bond motifs is 5. The van der Waals surface area contributed by atoms with Crippen molar-refractivity contribution < 1.29 is 0 Å². The fourth-order valence-corrected chi connectivity index (χ4v) is 3.92. The fraction of sp³-hybridized carbons (Fsp3) is 0.846. The molecule has 0 amide bonds. The molecule has 2 nitrogen and oxygen atoms in total. The number of azo groups is 1. The van der Waals surface area contributed by atoms with Gasteiger partial charge in [0.1, 0.15) is 0 Å². The summed E-state index contributed by atoms with van der Waals surface area (Å²) in [4.78, 5) is 0. The number of rotatable bonds is 0. The van der Waals surface area contributed by atoms with Gasteiger partial charge in [0.05, 0.1) is 12.1 Å². The molecule has 2 bridgehead atoms. The molecule has 3 aliphatic rings. The highest BCUT2D eigenvalue weighted by Gasteiger charge is 2.58. The van der Waals surface area contributed by atoms with Gasteiger partial charge in [-0.25, -0.2) is 0 Å². The summed E-state index contributed by atoms with van der Waals surface area (Å²) in [7, 11) is 0.